The molecule has 0 spiro atoms. The summed E-state index contributed by atoms with van der Waals surface area (Å²) in [5.41, 5.74) is 0.599. The number of rotatable bonds is 1. The summed E-state index contributed by atoms with van der Waals surface area (Å²) < 4.78 is 17.8. The van der Waals surface area contributed by atoms with E-state index >= 15 is 0 Å². The quantitative estimate of drug-likeness (QED) is 0.699. The molecule has 2 aromatic rings. The molecular weight excluding hydrogens is 161 g/mol. The molecule has 3 nitrogen and oxygen atoms in total. The normalized spacial score (nSPS) is 10.8. The van der Waals surface area contributed by atoms with Crippen molar-refractivity contribution in [1.29, 1.82) is 0 Å². The van der Waals surface area contributed by atoms with Gasteiger partial charge in [-0.25, -0.2) is 4.39 Å². The van der Waals surface area contributed by atoms with Crippen LogP contribution in [0.25, 0.3) is 11.0 Å². The first-order chi connectivity index (χ1) is 5.83. The lowest BCUT2D eigenvalue weighted by atomic mass is 10.2. The zero-order valence-corrected chi connectivity index (χ0v) is 6.12. The Kier molecular flexibility index (Phi) is 1.55. The number of benzene rings is 1. The number of fused-ring (bicyclic) bond motifs is 1. The average Bonchev–Trinajstić information content (AvgIpc) is 2.49. The van der Waals surface area contributed by atoms with Gasteiger partial charge in [0.1, 0.15) is 11.5 Å². The number of hydrogen-bond acceptors (Lipinski definition) is 3. The van der Waals surface area contributed by atoms with Crippen molar-refractivity contribution in [3.8, 4) is 0 Å². The van der Waals surface area contributed by atoms with Gasteiger partial charge >= 0.3 is 0 Å². The summed E-state index contributed by atoms with van der Waals surface area (Å²) in [7, 11) is 0. The lowest BCUT2D eigenvalue weighted by Crippen LogP contribution is -1.84. The van der Waals surface area contributed by atoms with Crippen LogP contribution < -0.4 is 0 Å². The Bertz CT molecular complexity index is 410. The molecule has 1 aromatic carbocycles. The predicted octanol–water partition coefficient (Wildman–Crippen LogP) is 1.46. The van der Waals surface area contributed by atoms with E-state index in [2.05, 4.69) is 5.16 Å². The van der Waals surface area contributed by atoms with Crippen LogP contribution in [0.2, 0.25) is 0 Å². The molecule has 0 aliphatic carbocycles. The Labute approximate surface area is 67.4 Å². The van der Waals surface area contributed by atoms with Gasteiger partial charge in [-0.15, -0.1) is 0 Å². The van der Waals surface area contributed by atoms with Gasteiger partial charge < -0.3 is 9.63 Å². The van der Waals surface area contributed by atoms with Crippen LogP contribution in [-0.2, 0) is 6.61 Å². The van der Waals surface area contributed by atoms with E-state index in [1.54, 1.807) is 6.07 Å². The first-order valence-corrected chi connectivity index (χ1v) is 3.46. The molecule has 0 atom stereocenters. The van der Waals surface area contributed by atoms with Crippen LogP contribution in [-0.4, -0.2) is 10.3 Å². The fourth-order valence-electron chi connectivity index (χ4n) is 1.12. The molecule has 12 heavy (non-hydrogen) atoms. The Balaban J connectivity index is 2.83. The van der Waals surface area contributed by atoms with E-state index < -0.39 is 5.82 Å². The first-order valence-electron chi connectivity index (χ1n) is 3.46. The molecule has 0 aliphatic rings. The SMILES string of the molecule is OCc1noc2cccc(F)c12. The van der Waals surface area contributed by atoms with Gasteiger partial charge in [-0.1, -0.05) is 11.2 Å². The summed E-state index contributed by atoms with van der Waals surface area (Å²) in [4.78, 5) is 0. The monoisotopic (exact) mass is 167 g/mol. The molecule has 0 amide bonds. The molecule has 1 heterocycles. The number of nitrogens with zero attached hydrogens (tertiary/aromatic N) is 1. The summed E-state index contributed by atoms with van der Waals surface area (Å²) >= 11 is 0. The van der Waals surface area contributed by atoms with Crippen molar-refractivity contribution < 1.29 is 14.0 Å². The van der Waals surface area contributed by atoms with Crippen LogP contribution in [0.1, 0.15) is 5.69 Å². The maximum Gasteiger partial charge on any atom is 0.170 e. The van der Waals surface area contributed by atoms with Crippen LogP contribution >= 0.6 is 0 Å². The van der Waals surface area contributed by atoms with Crippen molar-refractivity contribution in [1.82, 2.24) is 5.16 Å². The minimum Gasteiger partial charge on any atom is -0.390 e. The van der Waals surface area contributed by atoms with E-state index in [0.717, 1.165) is 0 Å². The largest absolute Gasteiger partial charge is 0.390 e. The standard InChI is InChI=1S/C8H6FNO2/c9-5-2-1-3-7-8(5)6(4-11)10-12-7/h1-3,11H,4H2. The van der Waals surface area contributed by atoms with E-state index in [1.807, 2.05) is 0 Å². The van der Waals surface area contributed by atoms with Crippen LogP contribution in [0.15, 0.2) is 22.7 Å². The molecule has 1 N–H and O–H groups in total. The second kappa shape index (κ2) is 2.57. The van der Waals surface area contributed by atoms with Gasteiger partial charge in [-0.3, -0.25) is 0 Å². The lowest BCUT2D eigenvalue weighted by molar-refractivity contribution is 0.269. The molecule has 0 radical (unpaired) electrons. The predicted molar refractivity (Wildman–Crippen MR) is 39.9 cm³/mol. The Morgan fingerprint density at radius 3 is 3.08 bits per heavy atom. The summed E-state index contributed by atoms with van der Waals surface area (Å²) in [5, 5.41) is 12.5. The highest BCUT2D eigenvalue weighted by molar-refractivity contribution is 5.79. The third-order valence-electron chi connectivity index (χ3n) is 1.67. The zero-order valence-electron chi connectivity index (χ0n) is 6.12. The highest BCUT2D eigenvalue weighted by Crippen LogP contribution is 2.20. The second-order valence-corrected chi connectivity index (χ2v) is 2.40. The fourth-order valence-corrected chi connectivity index (χ4v) is 1.12. The highest BCUT2D eigenvalue weighted by atomic mass is 19.1. The molecule has 0 fully saturated rings. The van der Waals surface area contributed by atoms with Crippen molar-refractivity contribution in [3.63, 3.8) is 0 Å². The van der Waals surface area contributed by atoms with E-state index in [9.17, 15) is 4.39 Å². The number of hydrogen-bond donors (Lipinski definition) is 1. The number of aliphatic hydroxyl groups is 1. The molecule has 0 saturated heterocycles. The van der Waals surface area contributed by atoms with Gasteiger partial charge in [-0.2, -0.15) is 0 Å². The summed E-state index contributed by atoms with van der Waals surface area (Å²) in [5.74, 6) is -0.419. The number of halogens is 1. The maximum absolute atomic E-state index is 13.1. The number of aromatic nitrogens is 1. The molecule has 0 bridgehead atoms. The van der Waals surface area contributed by atoms with E-state index in [0.29, 0.717) is 5.58 Å². The smallest absolute Gasteiger partial charge is 0.170 e. The molecule has 0 unspecified atom stereocenters. The number of aliphatic hydroxyl groups excluding tert-OH is 1. The molecule has 4 heteroatoms. The van der Waals surface area contributed by atoms with Gasteiger partial charge in [0.25, 0.3) is 0 Å². The van der Waals surface area contributed by atoms with Gasteiger partial charge in [0.2, 0.25) is 0 Å². The topological polar surface area (TPSA) is 46.3 Å². The molecule has 62 valence electrons. The molecule has 2 rings (SSSR count). The second-order valence-electron chi connectivity index (χ2n) is 2.40. The minimum atomic E-state index is -0.419. The van der Waals surface area contributed by atoms with Gasteiger partial charge in [0.05, 0.1) is 12.0 Å². The van der Waals surface area contributed by atoms with Crippen molar-refractivity contribution >= 4 is 11.0 Å². The van der Waals surface area contributed by atoms with Crippen molar-refractivity contribution in [2.75, 3.05) is 0 Å². The highest BCUT2D eigenvalue weighted by Gasteiger charge is 2.10. The lowest BCUT2D eigenvalue weighted by Gasteiger charge is -1.90. The van der Waals surface area contributed by atoms with Crippen LogP contribution in [0.5, 0.6) is 0 Å². The Hall–Kier alpha value is -1.42. The molecule has 0 aliphatic heterocycles. The van der Waals surface area contributed by atoms with Crippen molar-refractivity contribution in [2.45, 2.75) is 6.61 Å². The molecular formula is C8H6FNO2. The van der Waals surface area contributed by atoms with Gasteiger partial charge in [0.15, 0.2) is 5.58 Å². The van der Waals surface area contributed by atoms with E-state index in [1.165, 1.54) is 12.1 Å². The fraction of sp³-hybridized carbons (Fsp3) is 0.125. The van der Waals surface area contributed by atoms with Gasteiger partial charge in [-0.05, 0) is 12.1 Å². The summed E-state index contributed by atoms with van der Waals surface area (Å²) in [6.45, 7) is -0.312. The summed E-state index contributed by atoms with van der Waals surface area (Å²) in [6.07, 6.45) is 0. The van der Waals surface area contributed by atoms with E-state index in [-0.39, 0.29) is 17.7 Å². The summed E-state index contributed by atoms with van der Waals surface area (Å²) in [6, 6.07) is 4.44. The molecule has 0 saturated carbocycles. The van der Waals surface area contributed by atoms with Gasteiger partial charge in [0, 0.05) is 0 Å². The van der Waals surface area contributed by atoms with Crippen LogP contribution in [0.4, 0.5) is 4.39 Å². The Morgan fingerprint density at radius 1 is 1.50 bits per heavy atom. The minimum absolute atomic E-state index is 0.239. The maximum atomic E-state index is 13.1. The Morgan fingerprint density at radius 2 is 2.33 bits per heavy atom. The van der Waals surface area contributed by atoms with Crippen LogP contribution in [0.3, 0.4) is 0 Å². The van der Waals surface area contributed by atoms with E-state index in [4.69, 9.17) is 9.63 Å². The third kappa shape index (κ3) is 0.887. The van der Waals surface area contributed by atoms with Crippen molar-refractivity contribution in [3.05, 3.63) is 29.7 Å². The van der Waals surface area contributed by atoms with Crippen molar-refractivity contribution in [2.24, 2.45) is 0 Å². The first kappa shape index (κ1) is 7.24. The zero-order chi connectivity index (χ0) is 8.55. The third-order valence-corrected chi connectivity index (χ3v) is 1.67. The average molecular weight is 167 g/mol. The van der Waals surface area contributed by atoms with Crippen LogP contribution in [0, 0.1) is 5.82 Å². The molecule has 1 aromatic heterocycles.